The van der Waals surface area contributed by atoms with Gasteiger partial charge in [0.05, 0.1) is 5.69 Å². The molecule has 0 aliphatic heterocycles. The predicted octanol–water partition coefficient (Wildman–Crippen LogP) is 14.6. The van der Waals surface area contributed by atoms with Crippen LogP contribution in [0.15, 0.2) is 197 Å². The maximum Gasteiger partial charge on any atom is 0.159 e. The van der Waals surface area contributed by atoms with Crippen LogP contribution in [0.2, 0.25) is 0 Å². The molecule has 9 aromatic carbocycles. The van der Waals surface area contributed by atoms with Gasteiger partial charge in [0, 0.05) is 32.9 Å². The van der Waals surface area contributed by atoms with Crippen LogP contribution in [0.4, 0.5) is 17.1 Å². The smallest absolute Gasteiger partial charge is 0.159 e. The van der Waals surface area contributed by atoms with E-state index in [-0.39, 0.29) is 0 Å². The second-order valence-corrected chi connectivity index (χ2v) is 13.7. The summed E-state index contributed by atoms with van der Waals surface area (Å²) in [6.45, 7) is 0. The van der Waals surface area contributed by atoms with Gasteiger partial charge in [0.15, 0.2) is 5.58 Å². The van der Waals surface area contributed by atoms with E-state index in [1.807, 2.05) is 18.2 Å². The normalized spacial score (nSPS) is 11.8. The molecule has 0 fully saturated rings. The topological polar surface area (TPSA) is 29.5 Å². The summed E-state index contributed by atoms with van der Waals surface area (Å²) in [6.07, 6.45) is 0. The van der Waals surface area contributed by atoms with Crippen LogP contribution in [0, 0.1) is 0 Å². The standard InChI is InChI=1S/C50H31NO2/c1-3-13-32(14-4-1)33-23-25-37(26-24-33)51(36-16-5-2-6-17-36)44-31-35(42-29-34-15-7-8-18-38(34)39-19-9-10-20-40(39)42)30-43-49-47(53-50(43)44)28-27-46-48(49)41-21-11-12-22-45(41)52-46/h1-31H. The van der Waals surface area contributed by atoms with Crippen LogP contribution in [0.1, 0.15) is 0 Å². The maximum absolute atomic E-state index is 6.99. The van der Waals surface area contributed by atoms with Gasteiger partial charge in [-0.05, 0) is 104 Å². The van der Waals surface area contributed by atoms with E-state index in [0.717, 1.165) is 66.5 Å². The van der Waals surface area contributed by atoms with E-state index < -0.39 is 0 Å². The monoisotopic (exact) mass is 677 g/mol. The van der Waals surface area contributed by atoms with E-state index in [1.54, 1.807) is 0 Å². The fraction of sp³-hybridized carbons (Fsp3) is 0. The van der Waals surface area contributed by atoms with E-state index in [4.69, 9.17) is 8.83 Å². The van der Waals surface area contributed by atoms with Crippen molar-refractivity contribution in [1.29, 1.82) is 0 Å². The van der Waals surface area contributed by atoms with Crippen molar-refractivity contribution in [2.75, 3.05) is 4.90 Å². The molecule has 0 bridgehead atoms. The molecule has 0 saturated heterocycles. The van der Waals surface area contributed by atoms with Crippen LogP contribution in [-0.4, -0.2) is 0 Å². The molecule has 0 amide bonds. The minimum Gasteiger partial charge on any atom is -0.456 e. The average Bonchev–Trinajstić information content (AvgIpc) is 3.80. The molecule has 0 radical (unpaired) electrons. The van der Waals surface area contributed by atoms with Crippen molar-refractivity contribution in [2.45, 2.75) is 0 Å². The first-order valence-corrected chi connectivity index (χ1v) is 18.0. The lowest BCUT2D eigenvalue weighted by atomic mass is 9.92. The van der Waals surface area contributed by atoms with Crippen LogP contribution in [-0.2, 0) is 0 Å². The van der Waals surface area contributed by atoms with E-state index >= 15 is 0 Å². The average molecular weight is 678 g/mol. The van der Waals surface area contributed by atoms with E-state index in [1.165, 1.54) is 38.2 Å². The molecule has 11 rings (SSSR count). The second kappa shape index (κ2) is 11.7. The van der Waals surface area contributed by atoms with Crippen molar-refractivity contribution in [3.8, 4) is 22.3 Å². The molecule has 3 nitrogen and oxygen atoms in total. The SMILES string of the molecule is c1ccc(-c2ccc(N(c3ccccc3)c3cc(-c4cc5ccccc5c5ccccc45)cc4c3oc3ccc5oc6ccccc6c5c34)cc2)cc1. The summed E-state index contributed by atoms with van der Waals surface area (Å²) < 4.78 is 13.4. The quantitative estimate of drug-likeness (QED) is 0.170. The van der Waals surface area contributed by atoms with Crippen molar-refractivity contribution < 1.29 is 8.83 Å². The van der Waals surface area contributed by atoms with Gasteiger partial charge in [-0.1, -0.05) is 127 Å². The maximum atomic E-state index is 6.99. The van der Waals surface area contributed by atoms with Crippen molar-refractivity contribution >= 4 is 82.5 Å². The lowest BCUT2D eigenvalue weighted by Crippen LogP contribution is -2.10. The van der Waals surface area contributed by atoms with Gasteiger partial charge in [0.25, 0.3) is 0 Å². The Hall–Kier alpha value is -7.10. The first-order valence-electron chi connectivity index (χ1n) is 18.0. The minimum atomic E-state index is 0.822. The van der Waals surface area contributed by atoms with Crippen molar-refractivity contribution in [1.82, 2.24) is 0 Å². The number of para-hydroxylation sites is 2. The Labute approximate surface area is 305 Å². The molecule has 0 saturated carbocycles. The van der Waals surface area contributed by atoms with Crippen molar-refractivity contribution in [2.24, 2.45) is 0 Å². The number of hydrogen-bond acceptors (Lipinski definition) is 3. The highest BCUT2D eigenvalue weighted by molar-refractivity contribution is 6.28. The number of nitrogens with zero attached hydrogens (tertiary/aromatic N) is 1. The highest BCUT2D eigenvalue weighted by atomic mass is 16.3. The highest BCUT2D eigenvalue weighted by Gasteiger charge is 2.24. The predicted molar refractivity (Wildman–Crippen MR) is 222 cm³/mol. The Balaban J connectivity index is 1.26. The van der Waals surface area contributed by atoms with Crippen LogP contribution < -0.4 is 4.90 Å². The first kappa shape index (κ1) is 29.6. The van der Waals surface area contributed by atoms with Gasteiger partial charge in [-0.2, -0.15) is 0 Å². The Morgan fingerprint density at radius 3 is 1.72 bits per heavy atom. The summed E-state index contributed by atoms with van der Waals surface area (Å²) in [5.41, 5.74) is 11.1. The van der Waals surface area contributed by atoms with Gasteiger partial charge in [0.1, 0.15) is 16.7 Å². The van der Waals surface area contributed by atoms with Gasteiger partial charge in [-0.25, -0.2) is 0 Å². The Kier molecular flexibility index (Phi) is 6.55. The fourth-order valence-electron chi connectivity index (χ4n) is 8.22. The summed E-state index contributed by atoms with van der Waals surface area (Å²) in [7, 11) is 0. The van der Waals surface area contributed by atoms with Crippen LogP contribution in [0.5, 0.6) is 0 Å². The number of anilines is 3. The third-order valence-corrected chi connectivity index (χ3v) is 10.6. The minimum absolute atomic E-state index is 0.822. The molecule has 2 heterocycles. The molecule has 11 aromatic rings. The number of hydrogen-bond donors (Lipinski definition) is 0. The second-order valence-electron chi connectivity index (χ2n) is 13.7. The Bertz CT molecular complexity index is 3160. The zero-order valence-electron chi connectivity index (χ0n) is 28.7. The van der Waals surface area contributed by atoms with Crippen LogP contribution in [0.3, 0.4) is 0 Å². The fourth-order valence-corrected chi connectivity index (χ4v) is 8.22. The summed E-state index contributed by atoms with van der Waals surface area (Å²) in [6, 6.07) is 66.7. The van der Waals surface area contributed by atoms with Gasteiger partial charge >= 0.3 is 0 Å². The molecule has 0 aliphatic carbocycles. The van der Waals surface area contributed by atoms with Crippen LogP contribution in [0.25, 0.3) is 87.7 Å². The Morgan fingerprint density at radius 2 is 0.925 bits per heavy atom. The number of fused-ring (bicyclic) bond motifs is 10. The van der Waals surface area contributed by atoms with Gasteiger partial charge in [-0.15, -0.1) is 0 Å². The molecule has 53 heavy (non-hydrogen) atoms. The number of benzene rings is 9. The van der Waals surface area contributed by atoms with E-state index in [0.29, 0.717) is 0 Å². The van der Waals surface area contributed by atoms with Crippen molar-refractivity contribution in [3.63, 3.8) is 0 Å². The molecule has 2 aromatic heterocycles. The zero-order chi connectivity index (χ0) is 34.9. The molecular weight excluding hydrogens is 647 g/mol. The summed E-state index contributed by atoms with van der Waals surface area (Å²) in [5, 5.41) is 9.15. The molecule has 248 valence electrons. The molecule has 0 spiro atoms. The third kappa shape index (κ3) is 4.68. The molecule has 0 aliphatic rings. The molecular formula is C50H31NO2. The van der Waals surface area contributed by atoms with E-state index in [2.05, 4.69) is 175 Å². The van der Waals surface area contributed by atoms with Gasteiger partial charge < -0.3 is 13.7 Å². The lowest BCUT2D eigenvalue weighted by molar-refractivity contribution is 0.663. The molecule has 3 heteroatoms. The van der Waals surface area contributed by atoms with Crippen molar-refractivity contribution in [3.05, 3.63) is 188 Å². The summed E-state index contributed by atoms with van der Waals surface area (Å²) in [5.74, 6) is 0. The third-order valence-electron chi connectivity index (χ3n) is 10.6. The molecule has 0 atom stereocenters. The van der Waals surface area contributed by atoms with Gasteiger partial charge in [0.2, 0.25) is 0 Å². The lowest BCUT2D eigenvalue weighted by Gasteiger charge is -2.26. The highest BCUT2D eigenvalue weighted by Crippen LogP contribution is 2.48. The largest absolute Gasteiger partial charge is 0.456 e. The van der Waals surface area contributed by atoms with Crippen LogP contribution >= 0.6 is 0 Å². The van der Waals surface area contributed by atoms with E-state index in [9.17, 15) is 0 Å². The molecule has 0 N–H and O–H groups in total. The first-order chi connectivity index (χ1) is 26.3. The summed E-state index contributed by atoms with van der Waals surface area (Å²) >= 11 is 0. The van der Waals surface area contributed by atoms with Gasteiger partial charge in [-0.3, -0.25) is 0 Å². The number of rotatable bonds is 5. The summed E-state index contributed by atoms with van der Waals surface area (Å²) in [4.78, 5) is 2.33. The zero-order valence-corrected chi connectivity index (χ0v) is 28.7. The molecule has 0 unspecified atom stereocenters. The number of furan rings is 2. The Morgan fingerprint density at radius 1 is 0.340 bits per heavy atom.